The molecule has 3 heterocycles. The maximum Gasteiger partial charge on any atom is 0.325 e. The Kier molecular flexibility index (Phi) is 9.42. The van der Waals surface area contributed by atoms with E-state index in [0.29, 0.717) is 24.6 Å². The molecule has 0 radical (unpaired) electrons. The van der Waals surface area contributed by atoms with Crippen molar-refractivity contribution in [2.45, 2.75) is 45.8 Å². The van der Waals surface area contributed by atoms with Gasteiger partial charge in [-0.25, -0.2) is 0 Å². The summed E-state index contributed by atoms with van der Waals surface area (Å²) < 4.78 is 18.0. The van der Waals surface area contributed by atoms with E-state index in [9.17, 15) is 14.4 Å². The van der Waals surface area contributed by atoms with Gasteiger partial charge in [-0.05, 0) is 74.3 Å². The first-order chi connectivity index (χ1) is 20.8. The zero-order chi connectivity index (χ0) is 30.5. The van der Waals surface area contributed by atoms with E-state index in [2.05, 4.69) is 12.2 Å². The topological polar surface area (TPSA) is 102 Å². The number of anilines is 1. The van der Waals surface area contributed by atoms with E-state index >= 15 is 0 Å². The number of nitrogens with zero attached hydrogens (tertiary/aromatic N) is 3. The average molecular weight is 605 g/mol. The third-order valence-corrected chi connectivity index (χ3v) is 8.01. The number of nitrogens with one attached hydrogen (secondary N) is 1. The highest BCUT2D eigenvalue weighted by molar-refractivity contribution is 7.80. The third-order valence-electron chi connectivity index (χ3n) is 7.61. The van der Waals surface area contributed by atoms with Gasteiger partial charge in [-0.3, -0.25) is 19.3 Å². The molecule has 2 fully saturated rings. The number of rotatable bonds is 11. The number of hydrogen-bond donors (Lipinski definition) is 1. The van der Waals surface area contributed by atoms with Crippen molar-refractivity contribution in [3.05, 3.63) is 65.5 Å². The zero-order valence-corrected chi connectivity index (χ0v) is 25.4. The number of thiocarbonyl (C=S) groups is 1. The molecule has 0 saturated carbocycles. The van der Waals surface area contributed by atoms with Gasteiger partial charge >= 0.3 is 5.97 Å². The van der Waals surface area contributed by atoms with E-state index in [1.165, 1.54) is 16.9 Å². The van der Waals surface area contributed by atoms with E-state index in [4.69, 9.17) is 26.4 Å². The highest BCUT2D eigenvalue weighted by Crippen LogP contribution is 2.33. The maximum absolute atomic E-state index is 13.9. The molecule has 2 aliphatic rings. The van der Waals surface area contributed by atoms with Gasteiger partial charge in [0.25, 0.3) is 5.91 Å². The van der Waals surface area contributed by atoms with E-state index in [1.54, 1.807) is 30.3 Å². The molecule has 1 N–H and O–H groups in total. The summed E-state index contributed by atoms with van der Waals surface area (Å²) in [4.78, 5) is 42.2. The minimum atomic E-state index is -0.534. The lowest BCUT2D eigenvalue weighted by molar-refractivity contribution is -0.140. The van der Waals surface area contributed by atoms with Crippen LogP contribution in [0, 0.1) is 0 Å². The van der Waals surface area contributed by atoms with Crippen LogP contribution in [-0.4, -0.2) is 71.9 Å². The van der Waals surface area contributed by atoms with Crippen molar-refractivity contribution in [2.75, 3.05) is 38.3 Å². The number of ether oxygens (including phenoxy) is 3. The van der Waals surface area contributed by atoms with Crippen molar-refractivity contribution in [3.63, 3.8) is 0 Å². The lowest BCUT2D eigenvalue weighted by Gasteiger charge is -2.19. The Balaban J connectivity index is 1.51. The highest BCUT2D eigenvalue weighted by Gasteiger charge is 2.40. The molecule has 2 amide bonds. The molecule has 0 aliphatic carbocycles. The van der Waals surface area contributed by atoms with Crippen molar-refractivity contribution >= 4 is 57.8 Å². The van der Waals surface area contributed by atoms with Crippen LogP contribution in [0.3, 0.4) is 0 Å². The summed E-state index contributed by atoms with van der Waals surface area (Å²) >= 11 is 5.72. The molecule has 2 aliphatic heterocycles. The fourth-order valence-corrected chi connectivity index (χ4v) is 5.85. The van der Waals surface area contributed by atoms with Crippen molar-refractivity contribution in [1.82, 2.24) is 14.8 Å². The second kappa shape index (κ2) is 13.4. The number of amides is 2. The number of para-hydroxylation sites is 1. The number of carbonyl (C=O) groups excluding carboxylic acids is 3. The maximum atomic E-state index is 13.9. The van der Waals surface area contributed by atoms with Gasteiger partial charge < -0.3 is 29.0 Å². The summed E-state index contributed by atoms with van der Waals surface area (Å²) in [7, 11) is 1.29. The molecule has 10 nitrogen and oxygen atoms in total. The molecule has 0 bridgehead atoms. The van der Waals surface area contributed by atoms with Crippen LogP contribution in [0.4, 0.5) is 5.69 Å². The molecule has 0 spiro atoms. The molecular weight excluding hydrogens is 568 g/mol. The molecule has 11 heteroatoms. The Morgan fingerprint density at radius 2 is 1.93 bits per heavy atom. The number of aromatic nitrogens is 1. The lowest BCUT2D eigenvalue weighted by Crippen LogP contribution is -2.35. The van der Waals surface area contributed by atoms with Crippen LogP contribution in [0.2, 0.25) is 0 Å². The molecule has 226 valence electrons. The van der Waals surface area contributed by atoms with E-state index in [0.717, 1.165) is 47.9 Å². The molecule has 43 heavy (non-hydrogen) atoms. The first-order valence-corrected chi connectivity index (χ1v) is 14.9. The number of esters is 1. The van der Waals surface area contributed by atoms with Crippen LogP contribution >= 0.6 is 12.2 Å². The summed E-state index contributed by atoms with van der Waals surface area (Å²) in [5.41, 5.74) is 3.50. The number of benzene rings is 2. The highest BCUT2D eigenvalue weighted by atomic mass is 32.1. The van der Waals surface area contributed by atoms with Crippen molar-refractivity contribution in [1.29, 1.82) is 0 Å². The number of fused-ring (bicyclic) bond motifs is 1. The molecular formula is C32H36N4O6S. The van der Waals surface area contributed by atoms with Crippen molar-refractivity contribution in [2.24, 2.45) is 0 Å². The lowest BCUT2D eigenvalue weighted by atomic mass is 10.1. The third kappa shape index (κ3) is 6.42. The minimum Gasteiger partial charge on any atom is -0.494 e. The van der Waals surface area contributed by atoms with Gasteiger partial charge in [0.15, 0.2) is 5.11 Å². The molecule has 2 aromatic carbocycles. The normalized spacial score (nSPS) is 17.7. The second-order valence-electron chi connectivity index (χ2n) is 10.4. The summed E-state index contributed by atoms with van der Waals surface area (Å²) in [6.45, 7) is 5.56. The Morgan fingerprint density at radius 3 is 2.60 bits per heavy atom. The molecule has 5 rings (SSSR count). The minimum absolute atomic E-state index is 0.0492. The Hall–Kier alpha value is -4.22. The smallest absolute Gasteiger partial charge is 0.325 e. The second-order valence-corrected chi connectivity index (χ2v) is 10.7. The van der Waals surface area contributed by atoms with Gasteiger partial charge in [-0.15, -0.1) is 0 Å². The summed E-state index contributed by atoms with van der Waals surface area (Å²) in [6, 6.07) is 13.0. The van der Waals surface area contributed by atoms with Gasteiger partial charge in [0.1, 0.15) is 24.5 Å². The van der Waals surface area contributed by atoms with Crippen molar-refractivity contribution < 1.29 is 28.6 Å². The summed E-state index contributed by atoms with van der Waals surface area (Å²) in [6.07, 6.45) is 6.36. The van der Waals surface area contributed by atoms with E-state index in [1.807, 2.05) is 35.9 Å². The van der Waals surface area contributed by atoms with Crippen LogP contribution in [0.5, 0.6) is 5.75 Å². The summed E-state index contributed by atoms with van der Waals surface area (Å²) in [5, 5.41) is 4.04. The first kappa shape index (κ1) is 30.2. The largest absolute Gasteiger partial charge is 0.494 e. The predicted molar refractivity (Wildman–Crippen MR) is 168 cm³/mol. The van der Waals surface area contributed by atoms with Crippen molar-refractivity contribution in [3.8, 4) is 5.75 Å². The van der Waals surface area contributed by atoms with Crippen LogP contribution in [0.15, 0.2) is 54.4 Å². The monoisotopic (exact) mass is 604 g/mol. The molecule has 2 saturated heterocycles. The van der Waals surface area contributed by atoms with Gasteiger partial charge in [-0.2, -0.15) is 0 Å². The zero-order valence-electron chi connectivity index (χ0n) is 24.6. The van der Waals surface area contributed by atoms with Gasteiger partial charge in [0.05, 0.1) is 31.0 Å². The van der Waals surface area contributed by atoms with Gasteiger partial charge in [0.2, 0.25) is 5.91 Å². The van der Waals surface area contributed by atoms with E-state index < -0.39 is 5.97 Å². The average Bonchev–Trinajstić information content (AvgIpc) is 3.71. The molecule has 0 unspecified atom stereocenters. The SMILES string of the molecule is CCOc1ccc(N2C(=O)/C(=C/c3cn(CC(=O)NC[C@H]4CCCO4)c4c(CC)cccc34)N(CC(=O)OC)C2=S)cc1. The van der Waals surface area contributed by atoms with E-state index in [-0.39, 0.29) is 41.8 Å². The first-order valence-electron chi connectivity index (χ1n) is 14.5. The van der Waals surface area contributed by atoms with Gasteiger partial charge in [0, 0.05) is 30.3 Å². The van der Waals surface area contributed by atoms with Crippen LogP contribution in [-0.2, 0) is 36.8 Å². The fraction of sp³-hybridized carbons (Fsp3) is 0.375. The van der Waals surface area contributed by atoms with Crippen LogP contribution in [0.1, 0.15) is 37.8 Å². The predicted octanol–water partition coefficient (Wildman–Crippen LogP) is 4.05. The number of methoxy groups -OCH3 is 1. The summed E-state index contributed by atoms with van der Waals surface area (Å²) in [5.74, 6) is -0.358. The standard InChI is InChI=1S/C32H36N4O6S/c1-4-21-8-6-10-26-22(18-34(30(21)26)19-28(37)33-17-25-9-7-15-42-25)16-27-31(39)36(32(43)35(27)20-29(38)40-3)23-11-13-24(14-12-23)41-5-2/h6,8,10-14,16,18,25H,4-5,7,9,15,17,19-20H2,1-3H3,(H,33,37)/b27-16-/t25-/m1/s1. The Morgan fingerprint density at radius 1 is 1.14 bits per heavy atom. The number of aryl methyl sites for hydroxylation is 1. The molecule has 3 aromatic rings. The fourth-order valence-electron chi connectivity index (χ4n) is 5.49. The number of carbonyl (C=O) groups is 3. The Labute approximate surface area is 256 Å². The molecule has 1 atom stereocenters. The molecule has 1 aromatic heterocycles. The quantitative estimate of drug-likeness (QED) is 0.199. The van der Waals surface area contributed by atoms with Crippen LogP contribution in [0.25, 0.3) is 17.0 Å². The van der Waals surface area contributed by atoms with Crippen LogP contribution < -0.4 is 15.0 Å². The van der Waals surface area contributed by atoms with Gasteiger partial charge in [-0.1, -0.05) is 25.1 Å². The number of hydrogen-bond acceptors (Lipinski definition) is 7. The Bertz CT molecular complexity index is 1560.